The molecule has 2 amide bonds. The average Bonchev–Trinajstić information content (AvgIpc) is 1.59. The Hall–Kier alpha value is -9.27. The van der Waals surface area contributed by atoms with Gasteiger partial charge in [0.15, 0.2) is 6.23 Å². The smallest absolute Gasteiger partial charge is 0.472 e. The number of carbonyl (C=O) groups excluding carboxylic acids is 2. The number of phosphoric ester groups is 1. The standard InChI is InChI=1S/C65H68N7O18P/c1-40-37-72(63(78)70-58(40)74)55-36-51(89-65(42-14-10-7-11-15-42,45-20-28-49(83-4)29-21-45)46-22-30-50(84-5)31-23-46)52(87-55)39-86-91(79,80)90-57-53(88-61(71-35-32-54(73)68-62(71)77)56(57)69-60(76)59(75)67-34-33-66)38-85-64(41-12-8-6-9-13-41,43-16-24-47(81-2)25-17-43)44-18-26-48(82-3)27-19-44/h6-32,35,37,51-53,55-57,61H,33-34,36,38-39,66H2,1-5H3,(H,67,75)(H,69,76)(H,79,80)(H,68,73,77)(H,70,74,78)/t51-,52+,53+,55+,56+,57+,61+/m0/s1. The Labute approximate surface area is 521 Å². The molecule has 4 heterocycles. The van der Waals surface area contributed by atoms with Gasteiger partial charge in [-0.1, -0.05) is 109 Å². The number of nitrogens with one attached hydrogen (secondary N) is 4. The fourth-order valence-corrected chi connectivity index (χ4v) is 12.3. The molecule has 25 nitrogen and oxygen atoms in total. The quantitative estimate of drug-likeness (QED) is 0.0247. The van der Waals surface area contributed by atoms with E-state index in [-0.39, 0.29) is 25.1 Å². The van der Waals surface area contributed by atoms with Crippen LogP contribution in [-0.2, 0) is 53.4 Å². The lowest BCUT2D eigenvalue weighted by Crippen LogP contribution is -2.53. The van der Waals surface area contributed by atoms with E-state index in [0.29, 0.717) is 56.4 Å². The summed E-state index contributed by atoms with van der Waals surface area (Å²) >= 11 is 0. The summed E-state index contributed by atoms with van der Waals surface area (Å²) in [5.41, 5.74) is 3.04. The van der Waals surface area contributed by atoms with Crippen LogP contribution in [0.4, 0.5) is 0 Å². The molecule has 2 aliphatic heterocycles. The zero-order valence-corrected chi connectivity index (χ0v) is 51.0. The predicted octanol–water partition coefficient (Wildman–Crippen LogP) is 5.06. The summed E-state index contributed by atoms with van der Waals surface area (Å²) in [7, 11) is 0.524. The second-order valence-corrected chi connectivity index (χ2v) is 22.7. The first-order chi connectivity index (χ1) is 43.9. The third kappa shape index (κ3) is 13.9. The van der Waals surface area contributed by atoms with Gasteiger partial charge in [0.2, 0.25) is 0 Å². The van der Waals surface area contributed by atoms with E-state index in [0.717, 1.165) is 16.8 Å². The molecule has 0 saturated carbocycles. The molecular weight excluding hydrogens is 1200 g/mol. The minimum atomic E-state index is -5.59. The molecule has 0 spiro atoms. The average molecular weight is 1270 g/mol. The van der Waals surface area contributed by atoms with E-state index in [9.17, 15) is 33.7 Å². The van der Waals surface area contributed by atoms with Crippen LogP contribution in [0.15, 0.2) is 195 Å². The van der Waals surface area contributed by atoms with E-state index in [1.54, 1.807) is 72.8 Å². The number of benzene rings is 6. The number of ether oxygens (including phenoxy) is 8. The third-order valence-electron chi connectivity index (χ3n) is 15.8. The summed E-state index contributed by atoms with van der Waals surface area (Å²) in [4.78, 5) is 97.0. The third-order valence-corrected chi connectivity index (χ3v) is 16.8. The number of nitrogens with two attached hydrogens (primary N) is 1. The molecule has 476 valence electrons. The topological polar surface area (TPSA) is 324 Å². The fourth-order valence-electron chi connectivity index (χ4n) is 11.3. The van der Waals surface area contributed by atoms with Gasteiger partial charge < -0.3 is 59.2 Å². The first-order valence-electron chi connectivity index (χ1n) is 28.8. The Morgan fingerprint density at radius 1 is 0.626 bits per heavy atom. The van der Waals surface area contributed by atoms with Crippen molar-refractivity contribution in [3.8, 4) is 23.0 Å². The summed E-state index contributed by atoms with van der Waals surface area (Å²) < 4.78 is 79.8. The van der Waals surface area contributed by atoms with Gasteiger partial charge >= 0.3 is 31.0 Å². The van der Waals surface area contributed by atoms with Crippen molar-refractivity contribution in [1.82, 2.24) is 29.7 Å². The first-order valence-corrected chi connectivity index (χ1v) is 30.3. The number of aromatic nitrogens is 4. The van der Waals surface area contributed by atoms with Crippen molar-refractivity contribution < 1.29 is 66.0 Å². The summed E-state index contributed by atoms with van der Waals surface area (Å²) in [5.74, 6) is -0.329. The van der Waals surface area contributed by atoms with Crippen LogP contribution in [0.5, 0.6) is 23.0 Å². The molecule has 10 rings (SSSR count). The second kappa shape index (κ2) is 28.3. The number of phosphoric acid groups is 1. The number of aromatic amines is 2. The Balaban J connectivity index is 1.07. The molecule has 0 radical (unpaired) electrons. The number of hydrogen-bond acceptors (Lipinski definition) is 18. The van der Waals surface area contributed by atoms with E-state index in [1.165, 1.54) is 46.1 Å². The molecule has 7 N–H and O–H groups in total. The highest BCUT2D eigenvalue weighted by atomic mass is 31.2. The van der Waals surface area contributed by atoms with Crippen molar-refractivity contribution >= 4 is 19.6 Å². The summed E-state index contributed by atoms with van der Waals surface area (Å²) in [6, 6.07) is 46.1. The number of aryl methyl sites for hydroxylation is 1. The maximum Gasteiger partial charge on any atom is 0.472 e. The van der Waals surface area contributed by atoms with Crippen LogP contribution in [0.25, 0.3) is 0 Å². The Bertz CT molecular complexity index is 4000. The zero-order chi connectivity index (χ0) is 64.5. The summed E-state index contributed by atoms with van der Waals surface area (Å²) in [5, 5.41) is 4.93. The van der Waals surface area contributed by atoms with Crippen molar-refractivity contribution in [2.24, 2.45) is 5.73 Å². The number of nitrogens with zero attached hydrogens (tertiary/aromatic N) is 2. The molecule has 1 unspecified atom stereocenters. The highest BCUT2D eigenvalue weighted by Gasteiger charge is 2.54. The molecule has 2 aliphatic rings. The van der Waals surface area contributed by atoms with Gasteiger partial charge in [-0.2, -0.15) is 0 Å². The van der Waals surface area contributed by atoms with E-state index < -0.39 is 109 Å². The Kier molecular flexibility index (Phi) is 20.1. The van der Waals surface area contributed by atoms with Crippen molar-refractivity contribution in [3.05, 3.63) is 257 Å². The maximum absolute atomic E-state index is 15.2. The van der Waals surface area contributed by atoms with E-state index in [4.69, 9.17) is 52.7 Å². The lowest BCUT2D eigenvalue weighted by molar-refractivity contribution is -0.140. The van der Waals surface area contributed by atoms with Crippen molar-refractivity contribution in [2.75, 3.05) is 54.7 Å². The van der Waals surface area contributed by atoms with Gasteiger partial charge in [0.25, 0.3) is 11.1 Å². The minimum Gasteiger partial charge on any atom is -0.497 e. The van der Waals surface area contributed by atoms with Gasteiger partial charge in [-0.25, -0.2) is 14.2 Å². The minimum absolute atomic E-state index is 0.0442. The lowest BCUT2D eigenvalue weighted by atomic mass is 9.79. The lowest BCUT2D eigenvalue weighted by Gasteiger charge is -2.39. The van der Waals surface area contributed by atoms with Gasteiger partial charge in [0.05, 0.1) is 47.8 Å². The van der Waals surface area contributed by atoms with Gasteiger partial charge in [0.1, 0.15) is 64.8 Å². The van der Waals surface area contributed by atoms with Gasteiger partial charge in [-0.05, 0) is 88.8 Å². The van der Waals surface area contributed by atoms with Crippen LogP contribution in [0, 0.1) is 6.92 Å². The van der Waals surface area contributed by atoms with Crippen LogP contribution in [-0.4, -0.2) is 121 Å². The van der Waals surface area contributed by atoms with Crippen LogP contribution in [0.2, 0.25) is 0 Å². The highest BCUT2D eigenvalue weighted by molar-refractivity contribution is 7.47. The maximum atomic E-state index is 15.2. The molecule has 2 saturated heterocycles. The normalized spacial score (nSPS) is 19.7. The van der Waals surface area contributed by atoms with E-state index >= 15 is 4.57 Å². The monoisotopic (exact) mass is 1270 g/mol. The number of methoxy groups -OCH3 is 4. The zero-order valence-electron chi connectivity index (χ0n) is 50.1. The largest absolute Gasteiger partial charge is 0.497 e. The van der Waals surface area contributed by atoms with Crippen molar-refractivity contribution in [2.45, 2.75) is 67.5 Å². The Morgan fingerprint density at radius 2 is 1.11 bits per heavy atom. The second-order valence-electron chi connectivity index (χ2n) is 21.3. The molecule has 2 fully saturated rings. The number of amides is 2. The van der Waals surface area contributed by atoms with Crippen molar-refractivity contribution in [3.63, 3.8) is 0 Å². The molecule has 8 aromatic rings. The molecule has 2 aromatic heterocycles. The van der Waals surface area contributed by atoms with Crippen LogP contribution >= 0.6 is 7.82 Å². The molecule has 0 bridgehead atoms. The van der Waals surface area contributed by atoms with E-state index in [1.807, 2.05) is 84.9 Å². The molecule has 6 aromatic carbocycles. The van der Waals surface area contributed by atoms with Crippen LogP contribution in [0.1, 0.15) is 57.8 Å². The van der Waals surface area contributed by atoms with Crippen molar-refractivity contribution in [1.29, 1.82) is 0 Å². The van der Waals surface area contributed by atoms with Crippen LogP contribution in [0.3, 0.4) is 0 Å². The molecule has 26 heteroatoms. The van der Waals surface area contributed by atoms with Crippen LogP contribution < -0.4 is 57.8 Å². The highest BCUT2D eigenvalue weighted by Crippen LogP contribution is 2.52. The molecule has 0 aliphatic carbocycles. The SMILES string of the molecule is COc1ccc(C(OC[C@H]2O[C@@H](n3ccc(=O)[nH]c3=O)[C@H](NC(=O)C(=O)NCCN)[C@@H]2OP(=O)(O)OC[C@H]2O[C@@H](n3cc(C)c(=O)[nH]c3=O)C[C@@H]2OC(c2ccccc2)(c2ccc(OC)cc2)c2ccc(OC)cc2)(c2ccccc2)c2ccc(OC)cc2)cc1. The molecule has 91 heavy (non-hydrogen) atoms. The fraction of sp³-hybridized carbons (Fsp3) is 0.292. The van der Waals surface area contributed by atoms with Gasteiger partial charge in [-0.15, -0.1) is 0 Å². The summed E-state index contributed by atoms with van der Waals surface area (Å²) in [6.45, 7) is -0.0339. The Morgan fingerprint density at radius 3 is 1.60 bits per heavy atom. The van der Waals surface area contributed by atoms with Gasteiger partial charge in [0, 0.05) is 43.5 Å². The number of rotatable bonds is 25. The van der Waals surface area contributed by atoms with E-state index in [2.05, 4.69) is 20.6 Å². The molecular formula is C65H68N7O18P. The predicted molar refractivity (Wildman–Crippen MR) is 330 cm³/mol. The number of H-pyrrole nitrogens is 2. The number of hydrogen-bond donors (Lipinski definition) is 6. The summed E-state index contributed by atoms with van der Waals surface area (Å²) in [6.07, 6.45) is -6.56. The first kappa shape index (κ1) is 64.7. The van der Waals surface area contributed by atoms with Gasteiger partial charge in [-0.3, -0.25) is 47.3 Å². The molecule has 8 atom stereocenters. The number of carbonyl (C=O) groups is 2.